The van der Waals surface area contributed by atoms with Crippen molar-refractivity contribution < 1.29 is 19.4 Å². The Labute approximate surface area is 204 Å². The van der Waals surface area contributed by atoms with Gasteiger partial charge in [0, 0.05) is 37.5 Å². The number of hydrogen-bond acceptors (Lipinski definition) is 5. The minimum Gasteiger partial charge on any atom is -0.481 e. The van der Waals surface area contributed by atoms with Gasteiger partial charge in [0.05, 0.1) is 23.8 Å². The maximum Gasteiger partial charge on any atom is 0.309 e. The van der Waals surface area contributed by atoms with E-state index in [2.05, 4.69) is 35.0 Å². The molecule has 0 aliphatic rings. The summed E-state index contributed by atoms with van der Waals surface area (Å²) >= 11 is 0. The number of hydrogen-bond donors (Lipinski definition) is 2. The maximum absolute atomic E-state index is 13.1. The summed E-state index contributed by atoms with van der Waals surface area (Å²) in [7, 11) is -1.15. The highest BCUT2D eigenvalue weighted by molar-refractivity contribution is 6.76. The van der Waals surface area contributed by atoms with Gasteiger partial charge < -0.3 is 9.84 Å². The average Bonchev–Trinajstić information content (AvgIpc) is 3.39. The first-order valence-electron chi connectivity index (χ1n) is 11.4. The topological polar surface area (TPSA) is 111 Å². The van der Waals surface area contributed by atoms with E-state index in [1.807, 2.05) is 36.4 Å². The van der Waals surface area contributed by atoms with Crippen molar-refractivity contribution in [2.45, 2.75) is 38.8 Å². The molecule has 1 amide bonds. The molecular formula is C25H29N5O4Si. The number of amides is 1. The van der Waals surface area contributed by atoms with E-state index in [0.717, 1.165) is 22.6 Å². The third-order valence-corrected chi connectivity index (χ3v) is 7.17. The quantitative estimate of drug-likeness (QED) is 0.251. The van der Waals surface area contributed by atoms with Crippen molar-refractivity contribution in [1.82, 2.24) is 19.3 Å². The molecule has 0 aliphatic carbocycles. The van der Waals surface area contributed by atoms with Crippen molar-refractivity contribution >= 4 is 36.8 Å². The van der Waals surface area contributed by atoms with Crippen LogP contribution in [0.4, 0.5) is 5.95 Å². The lowest BCUT2D eigenvalue weighted by molar-refractivity contribution is -0.136. The van der Waals surface area contributed by atoms with Crippen LogP contribution in [0.15, 0.2) is 60.9 Å². The Morgan fingerprint density at radius 1 is 1.11 bits per heavy atom. The number of imidazole rings is 1. The summed E-state index contributed by atoms with van der Waals surface area (Å²) in [4.78, 5) is 28.6. The van der Waals surface area contributed by atoms with Gasteiger partial charge in [-0.2, -0.15) is 5.10 Å². The fourth-order valence-electron chi connectivity index (χ4n) is 3.58. The van der Waals surface area contributed by atoms with E-state index in [4.69, 9.17) is 9.84 Å². The second-order valence-corrected chi connectivity index (χ2v) is 15.2. The lowest BCUT2D eigenvalue weighted by atomic mass is 10.1. The lowest BCUT2D eigenvalue weighted by Gasteiger charge is -2.15. The molecule has 0 saturated heterocycles. The van der Waals surface area contributed by atoms with Crippen LogP contribution in [0.1, 0.15) is 16.1 Å². The van der Waals surface area contributed by atoms with E-state index < -0.39 is 14.0 Å². The molecule has 0 bridgehead atoms. The van der Waals surface area contributed by atoms with Crippen molar-refractivity contribution in [2.24, 2.45) is 0 Å². The molecule has 0 aliphatic heterocycles. The van der Waals surface area contributed by atoms with Gasteiger partial charge in [0.1, 0.15) is 6.73 Å². The van der Waals surface area contributed by atoms with Gasteiger partial charge in [-0.05, 0) is 36.4 Å². The number of aromatic nitrogens is 4. The van der Waals surface area contributed by atoms with Crippen LogP contribution in [0.2, 0.25) is 25.7 Å². The Morgan fingerprint density at radius 2 is 1.89 bits per heavy atom. The third-order valence-electron chi connectivity index (χ3n) is 5.46. The normalized spacial score (nSPS) is 11.6. The zero-order valence-corrected chi connectivity index (χ0v) is 21.1. The first-order valence-corrected chi connectivity index (χ1v) is 15.1. The van der Waals surface area contributed by atoms with Crippen LogP contribution in [-0.2, 0) is 22.7 Å². The van der Waals surface area contributed by atoms with E-state index in [1.165, 1.54) is 0 Å². The molecule has 2 heterocycles. The summed E-state index contributed by atoms with van der Waals surface area (Å²) in [5.41, 5.74) is 2.43. The molecule has 2 aromatic heterocycles. The fraction of sp³-hybridized carbons (Fsp3) is 0.280. The molecule has 10 heteroatoms. The van der Waals surface area contributed by atoms with Crippen molar-refractivity contribution in [2.75, 3.05) is 11.9 Å². The molecule has 0 radical (unpaired) electrons. The second kappa shape index (κ2) is 10.2. The molecule has 182 valence electrons. The van der Waals surface area contributed by atoms with Crippen LogP contribution in [-0.4, -0.2) is 51.0 Å². The summed E-state index contributed by atoms with van der Waals surface area (Å²) in [5, 5.41) is 17.2. The summed E-state index contributed by atoms with van der Waals surface area (Å²) < 4.78 is 9.26. The van der Waals surface area contributed by atoms with Gasteiger partial charge in [0.25, 0.3) is 5.91 Å². The molecule has 0 unspecified atom stereocenters. The van der Waals surface area contributed by atoms with Gasteiger partial charge in [-0.25, -0.2) is 9.67 Å². The number of nitrogens with zero attached hydrogens (tertiary/aromatic N) is 4. The summed E-state index contributed by atoms with van der Waals surface area (Å²) in [5.74, 6) is -1.09. The number of anilines is 1. The van der Waals surface area contributed by atoms with Crippen molar-refractivity contribution in [3.8, 4) is 5.69 Å². The van der Waals surface area contributed by atoms with Gasteiger partial charge >= 0.3 is 5.97 Å². The van der Waals surface area contributed by atoms with Crippen LogP contribution in [0, 0.1) is 0 Å². The number of fused-ring (bicyclic) bond motifs is 1. The summed E-state index contributed by atoms with van der Waals surface area (Å²) in [6, 6.07) is 15.7. The number of aliphatic carboxylic acids is 1. The number of carbonyl (C=O) groups is 2. The van der Waals surface area contributed by atoms with Crippen LogP contribution in [0.5, 0.6) is 0 Å². The number of carboxylic acid groups (broad SMARTS) is 1. The van der Waals surface area contributed by atoms with Gasteiger partial charge in [0.2, 0.25) is 5.95 Å². The maximum atomic E-state index is 13.1. The molecule has 0 atom stereocenters. The number of rotatable bonds is 10. The Bertz CT molecular complexity index is 1340. The van der Waals surface area contributed by atoms with Crippen LogP contribution in [0.25, 0.3) is 16.6 Å². The Balaban J connectivity index is 1.51. The number of carbonyl (C=O) groups excluding carboxylic acids is 1. The SMILES string of the molecule is C[Si](C)(C)CCOCn1ncc2cc(C(=O)Nc3nc(CC(=O)O)cn3-c3ccccc3)ccc21. The zero-order valence-electron chi connectivity index (χ0n) is 20.1. The van der Waals surface area contributed by atoms with E-state index in [-0.39, 0.29) is 18.3 Å². The van der Waals surface area contributed by atoms with Crippen molar-refractivity contribution in [3.05, 3.63) is 72.2 Å². The highest BCUT2D eigenvalue weighted by Gasteiger charge is 2.17. The molecule has 0 spiro atoms. The first-order chi connectivity index (χ1) is 16.7. The first kappa shape index (κ1) is 24.4. The molecular weight excluding hydrogens is 462 g/mol. The van der Waals surface area contributed by atoms with Crippen LogP contribution < -0.4 is 5.32 Å². The standard InChI is InChI=1S/C25H29N5O4Si/c1-35(2,3)12-11-34-17-30-22-10-9-18(13-19(22)15-26-30)24(33)28-25-27-20(14-23(31)32)16-29(25)21-7-5-4-6-8-21/h4-10,13,15-16H,11-12,14,17H2,1-3H3,(H,31,32)(H,27,28,33). The van der Waals surface area contributed by atoms with E-state index in [9.17, 15) is 9.59 Å². The van der Waals surface area contributed by atoms with Gasteiger partial charge in [-0.15, -0.1) is 0 Å². The summed E-state index contributed by atoms with van der Waals surface area (Å²) in [6.45, 7) is 8.00. The van der Waals surface area contributed by atoms with Crippen molar-refractivity contribution in [3.63, 3.8) is 0 Å². The second-order valence-electron chi connectivity index (χ2n) is 9.55. The van der Waals surface area contributed by atoms with Crippen molar-refractivity contribution in [1.29, 1.82) is 0 Å². The average molecular weight is 492 g/mol. The number of ether oxygens (including phenoxy) is 1. The molecule has 4 aromatic rings. The number of nitrogens with one attached hydrogen (secondary N) is 1. The Hall–Kier alpha value is -3.76. The van der Waals surface area contributed by atoms with E-state index in [0.29, 0.717) is 24.6 Å². The fourth-order valence-corrected chi connectivity index (χ4v) is 4.33. The summed E-state index contributed by atoms with van der Waals surface area (Å²) in [6.07, 6.45) is 3.09. The minimum atomic E-state index is -1.15. The minimum absolute atomic E-state index is 0.242. The Morgan fingerprint density at radius 3 is 2.60 bits per heavy atom. The number of benzene rings is 2. The lowest BCUT2D eigenvalue weighted by Crippen LogP contribution is -2.22. The molecule has 9 nitrogen and oxygen atoms in total. The molecule has 2 aromatic carbocycles. The van der Waals surface area contributed by atoms with Crippen LogP contribution >= 0.6 is 0 Å². The molecule has 4 rings (SSSR count). The molecule has 0 saturated carbocycles. The highest BCUT2D eigenvalue weighted by atomic mass is 28.3. The van der Waals surface area contributed by atoms with Gasteiger partial charge in [0.15, 0.2) is 0 Å². The predicted molar refractivity (Wildman–Crippen MR) is 137 cm³/mol. The van der Waals surface area contributed by atoms with E-state index in [1.54, 1.807) is 33.8 Å². The zero-order chi connectivity index (χ0) is 25.0. The monoisotopic (exact) mass is 491 g/mol. The molecule has 0 fully saturated rings. The smallest absolute Gasteiger partial charge is 0.309 e. The Kier molecular flexibility index (Phi) is 7.13. The van der Waals surface area contributed by atoms with Gasteiger partial charge in [-0.3, -0.25) is 19.5 Å². The predicted octanol–water partition coefficient (Wildman–Crippen LogP) is 4.41. The molecule has 2 N–H and O–H groups in total. The highest BCUT2D eigenvalue weighted by Crippen LogP contribution is 2.20. The van der Waals surface area contributed by atoms with Gasteiger partial charge in [-0.1, -0.05) is 37.8 Å². The number of para-hydroxylation sites is 1. The van der Waals surface area contributed by atoms with E-state index >= 15 is 0 Å². The largest absolute Gasteiger partial charge is 0.481 e. The number of carboxylic acids is 1. The van der Waals surface area contributed by atoms with Crippen LogP contribution in [0.3, 0.4) is 0 Å². The molecule has 35 heavy (non-hydrogen) atoms. The third kappa shape index (κ3) is 6.22.